The largest absolute Gasteiger partial charge is 0.380 e. The predicted octanol–water partition coefficient (Wildman–Crippen LogP) is 0.587. The summed E-state index contributed by atoms with van der Waals surface area (Å²) in [6.07, 6.45) is 5.36. The quantitative estimate of drug-likeness (QED) is 0.682. The van der Waals surface area contributed by atoms with Gasteiger partial charge in [0.25, 0.3) is 0 Å². The highest BCUT2D eigenvalue weighted by molar-refractivity contribution is 4.91. The summed E-state index contributed by atoms with van der Waals surface area (Å²) >= 11 is 0. The van der Waals surface area contributed by atoms with Crippen LogP contribution in [-0.2, 0) is 4.74 Å². The van der Waals surface area contributed by atoms with Crippen LogP contribution in [0.3, 0.4) is 0 Å². The van der Waals surface area contributed by atoms with Crippen LogP contribution in [0, 0.1) is 0 Å². The van der Waals surface area contributed by atoms with E-state index in [0.717, 1.165) is 12.6 Å². The molecule has 1 heterocycles. The standard InChI is InChI=1S/C10H20N2O/c1-13-10-3-2-4-12(7-10)9-5-8(11)6-9/h8-10H,2-7,11H2,1H3. The predicted molar refractivity (Wildman–Crippen MR) is 52.6 cm³/mol. The number of piperidine rings is 1. The van der Waals surface area contributed by atoms with Crippen molar-refractivity contribution < 1.29 is 4.74 Å². The molecule has 3 heteroatoms. The second kappa shape index (κ2) is 3.95. The minimum atomic E-state index is 0.463. The minimum Gasteiger partial charge on any atom is -0.380 e. The van der Waals surface area contributed by atoms with Gasteiger partial charge in [-0.25, -0.2) is 0 Å². The van der Waals surface area contributed by atoms with Crippen molar-refractivity contribution >= 4 is 0 Å². The number of hydrogen-bond acceptors (Lipinski definition) is 3. The van der Waals surface area contributed by atoms with E-state index in [1.165, 1.54) is 32.2 Å². The maximum absolute atomic E-state index is 5.78. The fourth-order valence-corrected chi connectivity index (χ4v) is 2.42. The fourth-order valence-electron chi connectivity index (χ4n) is 2.42. The van der Waals surface area contributed by atoms with Gasteiger partial charge in [-0.3, -0.25) is 4.90 Å². The summed E-state index contributed by atoms with van der Waals surface area (Å²) in [5, 5.41) is 0. The molecule has 0 aromatic carbocycles. The van der Waals surface area contributed by atoms with Crippen molar-refractivity contribution in [3.05, 3.63) is 0 Å². The third kappa shape index (κ3) is 2.03. The number of rotatable bonds is 2. The highest BCUT2D eigenvalue weighted by Gasteiger charge is 2.33. The van der Waals surface area contributed by atoms with E-state index in [-0.39, 0.29) is 0 Å². The van der Waals surface area contributed by atoms with E-state index in [1.807, 2.05) is 7.11 Å². The van der Waals surface area contributed by atoms with Crippen LogP contribution < -0.4 is 5.73 Å². The Morgan fingerprint density at radius 2 is 2.15 bits per heavy atom. The third-order valence-electron chi connectivity index (χ3n) is 3.41. The molecule has 1 saturated heterocycles. The van der Waals surface area contributed by atoms with Crippen molar-refractivity contribution in [3.8, 4) is 0 Å². The van der Waals surface area contributed by atoms with Crippen LogP contribution in [0.15, 0.2) is 0 Å². The van der Waals surface area contributed by atoms with Crippen LogP contribution in [0.2, 0.25) is 0 Å². The van der Waals surface area contributed by atoms with Crippen molar-refractivity contribution in [2.45, 2.75) is 43.9 Å². The van der Waals surface area contributed by atoms with Gasteiger partial charge in [0, 0.05) is 25.7 Å². The molecule has 0 radical (unpaired) electrons. The zero-order chi connectivity index (χ0) is 9.26. The topological polar surface area (TPSA) is 38.5 Å². The lowest BCUT2D eigenvalue weighted by Crippen LogP contribution is -2.54. The first-order valence-electron chi connectivity index (χ1n) is 5.32. The highest BCUT2D eigenvalue weighted by Crippen LogP contribution is 2.27. The summed E-state index contributed by atoms with van der Waals surface area (Å²) in [6.45, 7) is 2.37. The lowest BCUT2D eigenvalue weighted by molar-refractivity contribution is -0.00511. The number of hydrogen-bond donors (Lipinski definition) is 1. The summed E-state index contributed by atoms with van der Waals surface area (Å²) in [5.74, 6) is 0. The van der Waals surface area contributed by atoms with E-state index in [9.17, 15) is 0 Å². The highest BCUT2D eigenvalue weighted by atomic mass is 16.5. The van der Waals surface area contributed by atoms with Gasteiger partial charge in [0.2, 0.25) is 0 Å². The SMILES string of the molecule is COC1CCCN(C2CC(N)C2)C1. The molecule has 1 atom stereocenters. The Hall–Kier alpha value is -0.120. The van der Waals surface area contributed by atoms with Gasteiger partial charge >= 0.3 is 0 Å². The van der Waals surface area contributed by atoms with Crippen LogP contribution in [-0.4, -0.2) is 43.3 Å². The second-order valence-electron chi connectivity index (χ2n) is 4.38. The Bertz CT molecular complexity index is 168. The molecule has 1 saturated carbocycles. The van der Waals surface area contributed by atoms with E-state index in [1.54, 1.807) is 0 Å². The molecule has 2 N–H and O–H groups in total. The molecule has 13 heavy (non-hydrogen) atoms. The normalized spacial score (nSPS) is 41.5. The third-order valence-corrected chi connectivity index (χ3v) is 3.41. The van der Waals surface area contributed by atoms with Crippen LogP contribution in [0.1, 0.15) is 25.7 Å². The van der Waals surface area contributed by atoms with Gasteiger partial charge in [-0.2, -0.15) is 0 Å². The van der Waals surface area contributed by atoms with Crippen molar-refractivity contribution in [2.24, 2.45) is 5.73 Å². The van der Waals surface area contributed by atoms with Gasteiger partial charge in [-0.15, -0.1) is 0 Å². The molecule has 0 spiro atoms. The maximum atomic E-state index is 5.78. The zero-order valence-corrected chi connectivity index (χ0v) is 8.41. The van der Waals surface area contributed by atoms with Crippen molar-refractivity contribution in [3.63, 3.8) is 0 Å². The average molecular weight is 184 g/mol. The summed E-state index contributed by atoms with van der Waals surface area (Å²) in [4.78, 5) is 2.56. The van der Waals surface area contributed by atoms with E-state index >= 15 is 0 Å². The summed E-state index contributed by atoms with van der Waals surface area (Å²) in [7, 11) is 1.82. The second-order valence-corrected chi connectivity index (χ2v) is 4.38. The Kier molecular flexibility index (Phi) is 2.86. The summed E-state index contributed by atoms with van der Waals surface area (Å²) in [5.41, 5.74) is 5.78. The molecule has 2 aliphatic rings. The molecular weight excluding hydrogens is 164 g/mol. The van der Waals surface area contributed by atoms with E-state index in [4.69, 9.17) is 10.5 Å². The fraction of sp³-hybridized carbons (Fsp3) is 1.00. The molecule has 1 aliphatic carbocycles. The van der Waals surface area contributed by atoms with Gasteiger partial charge in [0.05, 0.1) is 6.10 Å². The monoisotopic (exact) mass is 184 g/mol. The molecule has 1 aliphatic heterocycles. The van der Waals surface area contributed by atoms with Crippen LogP contribution in [0.4, 0.5) is 0 Å². The molecule has 0 aromatic rings. The Balaban J connectivity index is 1.79. The number of nitrogens with zero attached hydrogens (tertiary/aromatic N) is 1. The molecule has 0 aromatic heterocycles. The molecule has 1 unspecified atom stereocenters. The van der Waals surface area contributed by atoms with Gasteiger partial charge in [-0.1, -0.05) is 0 Å². The van der Waals surface area contributed by atoms with E-state index in [0.29, 0.717) is 12.1 Å². The first-order valence-corrected chi connectivity index (χ1v) is 5.32. The molecule has 2 rings (SSSR count). The minimum absolute atomic E-state index is 0.463. The molecule has 0 amide bonds. The van der Waals surface area contributed by atoms with Gasteiger partial charge in [0.15, 0.2) is 0 Å². The van der Waals surface area contributed by atoms with Crippen molar-refractivity contribution in [1.82, 2.24) is 4.90 Å². The van der Waals surface area contributed by atoms with Crippen LogP contribution in [0.5, 0.6) is 0 Å². The van der Waals surface area contributed by atoms with Gasteiger partial charge < -0.3 is 10.5 Å². The van der Waals surface area contributed by atoms with Gasteiger partial charge in [-0.05, 0) is 32.2 Å². The lowest BCUT2D eigenvalue weighted by Gasteiger charge is -2.44. The summed E-state index contributed by atoms with van der Waals surface area (Å²) < 4.78 is 5.39. The number of nitrogens with two attached hydrogens (primary N) is 1. The molecule has 0 bridgehead atoms. The number of ether oxygens (including phenoxy) is 1. The first kappa shape index (κ1) is 9.44. The number of methoxy groups -OCH3 is 1. The maximum Gasteiger partial charge on any atom is 0.0698 e. The molecule has 3 nitrogen and oxygen atoms in total. The summed E-state index contributed by atoms with van der Waals surface area (Å²) in [6, 6.07) is 1.22. The van der Waals surface area contributed by atoms with E-state index in [2.05, 4.69) is 4.90 Å². The zero-order valence-electron chi connectivity index (χ0n) is 8.41. The van der Waals surface area contributed by atoms with Crippen LogP contribution >= 0.6 is 0 Å². The molecule has 2 fully saturated rings. The first-order chi connectivity index (χ1) is 6.29. The smallest absolute Gasteiger partial charge is 0.0698 e. The van der Waals surface area contributed by atoms with Gasteiger partial charge in [0.1, 0.15) is 0 Å². The van der Waals surface area contributed by atoms with Crippen molar-refractivity contribution in [2.75, 3.05) is 20.2 Å². The Morgan fingerprint density at radius 3 is 2.77 bits per heavy atom. The Morgan fingerprint density at radius 1 is 1.38 bits per heavy atom. The number of likely N-dealkylation sites (tertiary alicyclic amines) is 1. The molecular formula is C10H20N2O. The van der Waals surface area contributed by atoms with Crippen LogP contribution in [0.25, 0.3) is 0 Å². The molecule has 76 valence electrons. The van der Waals surface area contributed by atoms with Crippen molar-refractivity contribution in [1.29, 1.82) is 0 Å². The Labute approximate surface area is 80.2 Å². The average Bonchev–Trinajstić information content (AvgIpc) is 2.13. The van der Waals surface area contributed by atoms with E-state index < -0.39 is 0 Å². The lowest BCUT2D eigenvalue weighted by atomic mass is 9.85.